The molecule has 0 aliphatic heterocycles. The van der Waals surface area contributed by atoms with Gasteiger partial charge in [-0.15, -0.1) is 0 Å². The van der Waals surface area contributed by atoms with Crippen molar-refractivity contribution in [3.63, 3.8) is 0 Å². The molecule has 0 saturated heterocycles. The SMILES string of the molecule is CCOc1nc(Cl)nc(N(Cc2ccccc2)C(C)C)n1. The highest BCUT2D eigenvalue weighted by Gasteiger charge is 2.17. The number of nitrogens with zero attached hydrogens (tertiary/aromatic N) is 4. The highest BCUT2D eigenvalue weighted by Crippen LogP contribution is 2.19. The molecule has 1 aromatic carbocycles. The third kappa shape index (κ3) is 4.29. The standard InChI is InChI=1S/C15H19ClN4O/c1-4-21-15-18-13(16)17-14(19-15)20(11(2)3)10-12-8-6-5-7-9-12/h5-9,11H,4,10H2,1-3H3. The van der Waals surface area contributed by atoms with Crippen LogP contribution in [0.2, 0.25) is 5.28 Å². The lowest BCUT2D eigenvalue weighted by atomic mass is 10.2. The molecule has 0 amide bonds. The van der Waals surface area contributed by atoms with Gasteiger partial charge in [-0.25, -0.2) is 0 Å². The Morgan fingerprint density at radius 2 is 1.86 bits per heavy atom. The van der Waals surface area contributed by atoms with Gasteiger partial charge in [-0.3, -0.25) is 0 Å². The molecular weight excluding hydrogens is 288 g/mol. The van der Waals surface area contributed by atoms with Crippen LogP contribution in [0.5, 0.6) is 6.01 Å². The summed E-state index contributed by atoms with van der Waals surface area (Å²) in [5.74, 6) is 0.525. The summed E-state index contributed by atoms with van der Waals surface area (Å²) in [6.07, 6.45) is 0. The molecular formula is C15H19ClN4O. The number of anilines is 1. The number of halogens is 1. The number of ether oxygens (including phenoxy) is 1. The second-order valence-corrected chi connectivity index (χ2v) is 5.17. The van der Waals surface area contributed by atoms with Crippen molar-refractivity contribution >= 4 is 17.5 Å². The summed E-state index contributed by atoms with van der Waals surface area (Å²) in [4.78, 5) is 14.6. The number of hydrogen-bond acceptors (Lipinski definition) is 5. The van der Waals surface area contributed by atoms with Crippen LogP contribution in [0.15, 0.2) is 30.3 Å². The topological polar surface area (TPSA) is 51.1 Å². The van der Waals surface area contributed by atoms with E-state index in [0.29, 0.717) is 19.1 Å². The van der Waals surface area contributed by atoms with Gasteiger partial charge in [0.2, 0.25) is 11.2 Å². The van der Waals surface area contributed by atoms with Gasteiger partial charge in [0.25, 0.3) is 0 Å². The molecule has 6 heteroatoms. The van der Waals surface area contributed by atoms with Gasteiger partial charge >= 0.3 is 6.01 Å². The van der Waals surface area contributed by atoms with Crippen molar-refractivity contribution in [2.75, 3.05) is 11.5 Å². The fraction of sp³-hybridized carbons (Fsp3) is 0.400. The quantitative estimate of drug-likeness (QED) is 0.819. The summed E-state index contributed by atoms with van der Waals surface area (Å²) >= 11 is 5.97. The van der Waals surface area contributed by atoms with Crippen molar-refractivity contribution in [2.45, 2.75) is 33.4 Å². The van der Waals surface area contributed by atoms with Crippen LogP contribution in [0.4, 0.5) is 5.95 Å². The number of hydrogen-bond donors (Lipinski definition) is 0. The molecule has 0 unspecified atom stereocenters. The van der Waals surface area contributed by atoms with E-state index in [4.69, 9.17) is 16.3 Å². The molecule has 2 rings (SSSR count). The zero-order chi connectivity index (χ0) is 15.2. The number of aromatic nitrogens is 3. The van der Waals surface area contributed by atoms with Crippen molar-refractivity contribution in [3.8, 4) is 6.01 Å². The van der Waals surface area contributed by atoms with Crippen LogP contribution in [0, 0.1) is 0 Å². The van der Waals surface area contributed by atoms with Crippen LogP contribution in [0.1, 0.15) is 26.3 Å². The normalized spacial score (nSPS) is 10.7. The zero-order valence-corrected chi connectivity index (χ0v) is 13.2. The molecule has 21 heavy (non-hydrogen) atoms. The highest BCUT2D eigenvalue weighted by molar-refractivity contribution is 6.28. The summed E-state index contributed by atoms with van der Waals surface area (Å²) in [6.45, 7) is 7.23. The van der Waals surface area contributed by atoms with Crippen molar-refractivity contribution in [1.82, 2.24) is 15.0 Å². The maximum atomic E-state index is 5.97. The predicted molar refractivity (Wildman–Crippen MR) is 83.8 cm³/mol. The van der Waals surface area contributed by atoms with E-state index in [-0.39, 0.29) is 17.3 Å². The Morgan fingerprint density at radius 1 is 1.14 bits per heavy atom. The molecule has 5 nitrogen and oxygen atoms in total. The van der Waals surface area contributed by atoms with Gasteiger partial charge in [0, 0.05) is 12.6 Å². The number of rotatable bonds is 6. The van der Waals surface area contributed by atoms with Gasteiger partial charge < -0.3 is 9.64 Å². The lowest BCUT2D eigenvalue weighted by Gasteiger charge is -2.26. The first-order valence-electron chi connectivity index (χ1n) is 6.95. The highest BCUT2D eigenvalue weighted by atomic mass is 35.5. The van der Waals surface area contributed by atoms with E-state index in [1.54, 1.807) is 0 Å². The van der Waals surface area contributed by atoms with Gasteiger partial charge in [0.05, 0.1) is 6.61 Å². The van der Waals surface area contributed by atoms with Gasteiger partial charge in [0.15, 0.2) is 0 Å². The van der Waals surface area contributed by atoms with Crippen molar-refractivity contribution in [3.05, 3.63) is 41.2 Å². The smallest absolute Gasteiger partial charge is 0.322 e. The fourth-order valence-electron chi connectivity index (χ4n) is 1.91. The predicted octanol–water partition coefficient (Wildman–Crippen LogP) is 3.34. The monoisotopic (exact) mass is 306 g/mol. The minimum absolute atomic E-state index is 0.141. The van der Waals surface area contributed by atoms with E-state index in [9.17, 15) is 0 Å². The molecule has 0 aliphatic rings. The fourth-order valence-corrected chi connectivity index (χ4v) is 2.06. The Labute approximate surface area is 130 Å². The number of benzene rings is 1. The molecule has 1 heterocycles. The van der Waals surface area contributed by atoms with Crippen LogP contribution in [0.25, 0.3) is 0 Å². The lowest BCUT2D eigenvalue weighted by Crippen LogP contribution is -2.32. The summed E-state index contributed by atoms with van der Waals surface area (Å²) in [6, 6.07) is 10.6. The lowest BCUT2D eigenvalue weighted by molar-refractivity contribution is 0.311. The average molecular weight is 307 g/mol. The molecule has 0 radical (unpaired) electrons. The van der Waals surface area contributed by atoms with Crippen molar-refractivity contribution < 1.29 is 4.74 Å². The molecule has 0 saturated carbocycles. The molecule has 1 aromatic heterocycles. The van der Waals surface area contributed by atoms with Crippen molar-refractivity contribution in [2.24, 2.45) is 0 Å². The summed E-state index contributed by atoms with van der Waals surface area (Å²) in [5.41, 5.74) is 1.18. The Morgan fingerprint density at radius 3 is 2.48 bits per heavy atom. The van der Waals surface area contributed by atoms with E-state index >= 15 is 0 Å². The Hall–Kier alpha value is -1.88. The molecule has 112 valence electrons. The van der Waals surface area contributed by atoms with Gasteiger partial charge in [-0.1, -0.05) is 30.3 Å². The Bertz CT molecular complexity index is 577. The van der Waals surface area contributed by atoms with Crippen LogP contribution in [-0.2, 0) is 6.54 Å². The second-order valence-electron chi connectivity index (χ2n) is 4.83. The first kappa shape index (κ1) is 15.5. The second kappa shape index (κ2) is 7.22. The molecule has 0 spiro atoms. The minimum Gasteiger partial charge on any atom is -0.464 e. The van der Waals surface area contributed by atoms with E-state index in [1.807, 2.05) is 25.1 Å². The summed E-state index contributed by atoms with van der Waals surface area (Å²) in [5, 5.41) is 0.141. The van der Waals surface area contributed by atoms with E-state index in [2.05, 4.69) is 45.8 Å². The maximum Gasteiger partial charge on any atom is 0.322 e. The Balaban J connectivity index is 2.29. The van der Waals surface area contributed by atoms with Crippen LogP contribution >= 0.6 is 11.6 Å². The van der Waals surface area contributed by atoms with Crippen LogP contribution in [-0.4, -0.2) is 27.6 Å². The molecule has 0 bridgehead atoms. The molecule has 0 aliphatic carbocycles. The first-order valence-corrected chi connectivity index (χ1v) is 7.33. The van der Waals surface area contributed by atoms with Crippen LogP contribution in [0.3, 0.4) is 0 Å². The summed E-state index contributed by atoms with van der Waals surface area (Å²) < 4.78 is 5.33. The Kier molecular flexibility index (Phi) is 5.33. The van der Waals surface area contributed by atoms with E-state index in [0.717, 1.165) is 0 Å². The third-order valence-corrected chi connectivity index (χ3v) is 3.09. The maximum absolute atomic E-state index is 5.97. The molecule has 0 N–H and O–H groups in total. The van der Waals surface area contributed by atoms with E-state index < -0.39 is 0 Å². The summed E-state index contributed by atoms with van der Waals surface area (Å²) in [7, 11) is 0. The van der Waals surface area contributed by atoms with Gasteiger partial charge in [0.1, 0.15) is 0 Å². The third-order valence-electron chi connectivity index (χ3n) is 2.93. The molecule has 0 atom stereocenters. The van der Waals surface area contributed by atoms with Crippen molar-refractivity contribution in [1.29, 1.82) is 0 Å². The molecule has 2 aromatic rings. The van der Waals surface area contributed by atoms with Gasteiger partial charge in [-0.05, 0) is 37.9 Å². The van der Waals surface area contributed by atoms with Gasteiger partial charge in [-0.2, -0.15) is 15.0 Å². The van der Waals surface area contributed by atoms with E-state index in [1.165, 1.54) is 5.56 Å². The van der Waals surface area contributed by atoms with Crippen LogP contribution < -0.4 is 9.64 Å². The first-order chi connectivity index (χ1) is 10.1. The largest absolute Gasteiger partial charge is 0.464 e. The molecule has 0 fully saturated rings. The minimum atomic E-state index is 0.141. The average Bonchev–Trinajstić information content (AvgIpc) is 2.45. The zero-order valence-electron chi connectivity index (χ0n) is 12.5.